The second-order valence-electron chi connectivity index (χ2n) is 4.79. The topological polar surface area (TPSA) is 17.1 Å². The molecule has 3 rings (SSSR count). The lowest BCUT2D eigenvalue weighted by Crippen LogP contribution is -2.02. The van der Waals surface area contributed by atoms with Gasteiger partial charge in [0.25, 0.3) is 0 Å². The van der Waals surface area contributed by atoms with E-state index in [1.165, 1.54) is 29.5 Å². The third kappa shape index (κ3) is 1.91. The Morgan fingerprint density at radius 3 is 2.89 bits per heavy atom. The van der Waals surface area contributed by atoms with Crippen molar-refractivity contribution < 1.29 is 4.79 Å². The molecule has 1 aromatic carbocycles. The Morgan fingerprint density at radius 1 is 1.22 bits per heavy atom. The minimum absolute atomic E-state index is 0.191. The van der Waals surface area contributed by atoms with Crippen LogP contribution >= 0.6 is 11.3 Å². The first-order valence-electron chi connectivity index (χ1n) is 6.52. The highest BCUT2D eigenvalue weighted by Gasteiger charge is 2.17. The zero-order valence-corrected chi connectivity index (χ0v) is 11.3. The minimum atomic E-state index is 0.191. The number of aryl methyl sites for hydroxylation is 3. The van der Waals surface area contributed by atoms with Gasteiger partial charge >= 0.3 is 0 Å². The van der Waals surface area contributed by atoms with E-state index in [-0.39, 0.29) is 5.78 Å². The van der Waals surface area contributed by atoms with Gasteiger partial charge in [0.15, 0.2) is 0 Å². The standard InChI is InChI=1S/C16H16OS/c1-2-11-8-9-18-16(11)15(17)14-7-6-12-4-3-5-13(12)10-14/h6-10H,2-5H2,1H3. The third-order valence-corrected chi connectivity index (χ3v) is 4.65. The number of benzene rings is 1. The minimum Gasteiger partial charge on any atom is -0.288 e. The predicted molar refractivity (Wildman–Crippen MR) is 75.6 cm³/mol. The highest BCUT2D eigenvalue weighted by Crippen LogP contribution is 2.26. The summed E-state index contributed by atoms with van der Waals surface area (Å²) in [7, 11) is 0. The van der Waals surface area contributed by atoms with Crippen molar-refractivity contribution in [2.45, 2.75) is 32.6 Å². The summed E-state index contributed by atoms with van der Waals surface area (Å²) in [4.78, 5) is 13.4. The average molecular weight is 256 g/mol. The number of carbonyl (C=O) groups excluding carboxylic acids is 1. The van der Waals surface area contributed by atoms with Crippen molar-refractivity contribution in [3.63, 3.8) is 0 Å². The van der Waals surface area contributed by atoms with Gasteiger partial charge in [-0.05, 0) is 59.9 Å². The fourth-order valence-corrected chi connectivity index (χ4v) is 3.61. The van der Waals surface area contributed by atoms with Crippen LogP contribution in [-0.2, 0) is 19.3 Å². The van der Waals surface area contributed by atoms with Gasteiger partial charge in [0.1, 0.15) is 0 Å². The van der Waals surface area contributed by atoms with Gasteiger partial charge in [0.05, 0.1) is 4.88 Å². The molecule has 1 aliphatic carbocycles. The molecule has 1 heterocycles. The Hall–Kier alpha value is -1.41. The number of ketones is 1. The molecule has 0 fully saturated rings. The summed E-state index contributed by atoms with van der Waals surface area (Å²) < 4.78 is 0. The molecule has 0 spiro atoms. The molecule has 0 amide bonds. The van der Waals surface area contributed by atoms with Crippen molar-refractivity contribution in [2.24, 2.45) is 0 Å². The van der Waals surface area contributed by atoms with Crippen LogP contribution in [0.1, 0.15) is 45.3 Å². The summed E-state index contributed by atoms with van der Waals surface area (Å²) in [5.74, 6) is 0.191. The Labute approximate surface area is 111 Å². The summed E-state index contributed by atoms with van der Waals surface area (Å²) in [6.07, 6.45) is 4.45. The SMILES string of the molecule is CCc1ccsc1C(=O)c1ccc2c(c1)CCC2. The number of carbonyl (C=O) groups is 1. The van der Waals surface area contributed by atoms with E-state index in [1.54, 1.807) is 11.3 Å². The van der Waals surface area contributed by atoms with Crippen LogP contribution in [-0.4, -0.2) is 5.78 Å². The number of hydrogen-bond acceptors (Lipinski definition) is 2. The molecule has 1 nitrogen and oxygen atoms in total. The van der Waals surface area contributed by atoms with Crippen LogP contribution in [0.25, 0.3) is 0 Å². The monoisotopic (exact) mass is 256 g/mol. The van der Waals surface area contributed by atoms with Gasteiger partial charge in [-0.25, -0.2) is 0 Å². The van der Waals surface area contributed by atoms with E-state index in [0.717, 1.165) is 23.3 Å². The molecular formula is C16H16OS. The second kappa shape index (κ2) is 4.69. The Kier molecular flexibility index (Phi) is 3.04. The van der Waals surface area contributed by atoms with E-state index in [2.05, 4.69) is 25.1 Å². The van der Waals surface area contributed by atoms with Crippen LogP contribution in [0, 0.1) is 0 Å². The number of rotatable bonds is 3. The fourth-order valence-electron chi connectivity index (χ4n) is 2.66. The van der Waals surface area contributed by atoms with Gasteiger partial charge in [-0.1, -0.05) is 19.1 Å². The summed E-state index contributed by atoms with van der Waals surface area (Å²) >= 11 is 1.56. The van der Waals surface area contributed by atoms with Crippen LogP contribution in [0.3, 0.4) is 0 Å². The molecule has 1 aliphatic rings. The maximum absolute atomic E-state index is 12.5. The predicted octanol–water partition coefficient (Wildman–Crippen LogP) is 4.03. The number of fused-ring (bicyclic) bond motifs is 1. The molecule has 0 radical (unpaired) electrons. The van der Waals surface area contributed by atoms with E-state index in [4.69, 9.17) is 0 Å². The van der Waals surface area contributed by atoms with Crippen molar-refractivity contribution in [3.05, 3.63) is 56.8 Å². The van der Waals surface area contributed by atoms with Crippen LogP contribution < -0.4 is 0 Å². The molecule has 2 aromatic rings. The lowest BCUT2D eigenvalue weighted by molar-refractivity contribution is 0.104. The van der Waals surface area contributed by atoms with E-state index < -0.39 is 0 Å². The molecule has 0 aliphatic heterocycles. The normalized spacial score (nSPS) is 13.6. The van der Waals surface area contributed by atoms with Crippen molar-refractivity contribution >= 4 is 17.1 Å². The average Bonchev–Trinajstić information content (AvgIpc) is 3.05. The molecular weight excluding hydrogens is 240 g/mol. The molecule has 0 atom stereocenters. The highest BCUT2D eigenvalue weighted by molar-refractivity contribution is 7.12. The van der Waals surface area contributed by atoms with Crippen LogP contribution in [0.4, 0.5) is 0 Å². The van der Waals surface area contributed by atoms with Gasteiger partial charge < -0.3 is 0 Å². The molecule has 0 N–H and O–H groups in total. The molecule has 0 bridgehead atoms. The van der Waals surface area contributed by atoms with Gasteiger partial charge in [-0.3, -0.25) is 4.79 Å². The zero-order valence-electron chi connectivity index (χ0n) is 10.5. The largest absolute Gasteiger partial charge is 0.288 e. The molecule has 1 aromatic heterocycles. The van der Waals surface area contributed by atoms with Crippen LogP contribution in [0.15, 0.2) is 29.6 Å². The molecule has 92 valence electrons. The third-order valence-electron chi connectivity index (χ3n) is 3.69. The molecule has 0 saturated heterocycles. The van der Waals surface area contributed by atoms with Gasteiger partial charge in [-0.15, -0.1) is 11.3 Å². The zero-order chi connectivity index (χ0) is 12.5. The van der Waals surface area contributed by atoms with Crippen molar-refractivity contribution in [1.82, 2.24) is 0 Å². The number of hydrogen-bond donors (Lipinski definition) is 0. The van der Waals surface area contributed by atoms with E-state index in [9.17, 15) is 4.79 Å². The molecule has 18 heavy (non-hydrogen) atoms. The quantitative estimate of drug-likeness (QED) is 0.758. The summed E-state index contributed by atoms with van der Waals surface area (Å²) in [5, 5.41) is 2.01. The first kappa shape index (κ1) is 11.7. The van der Waals surface area contributed by atoms with Crippen LogP contribution in [0.2, 0.25) is 0 Å². The molecule has 0 saturated carbocycles. The maximum Gasteiger partial charge on any atom is 0.203 e. The smallest absolute Gasteiger partial charge is 0.203 e. The number of thiophene rings is 1. The van der Waals surface area contributed by atoms with Crippen molar-refractivity contribution in [3.8, 4) is 0 Å². The Morgan fingerprint density at radius 2 is 2.06 bits per heavy atom. The van der Waals surface area contributed by atoms with Crippen molar-refractivity contribution in [1.29, 1.82) is 0 Å². The Balaban J connectivity index is 1.98. The Bertz CT molecular complexity index is 595. The van der Waals surface area contributed by atoms with Gasteiger partial charge in [0, 0.05) is 5.56 Å². The van der Waals surface area contributed by atoms with Gasteiger partial charge in [0.2, 0.25) is 5.78 Å². The maximum atomic E-state index is 12.5. The molecule has 2 heteroatoms. The lowest BCUT2D eigenvalue weighted by atomic mass is 10.0. The van der Waals surface area contributed by atoms with E-state index in [0.29, 0.717) is 0 Å². The lowest BCUT2D eigenvalue weighted by Gasteiger charge is -2.04. The summed E-state index contributed by atoms with van der Waals surface area (Å²) in [5.41, 5.74) is 4.82. The summed E-state index contributed by atoms with van der Waals surface area (Å²) in [6, 6.07) is 8.29. The fraction of sp³-hybridized carbons (Fsp3) is 0.312. The van der Waals surface area contributed by atoms with E-state index >= 15 is 0 Å². The van der Waals surface area contributed by atoms with E-state index in [1.807, 2.05) is 11.4 Å². The first-order chi connectivity index (χ1) is 8.79. The second-order valence-corrected chi connectivity index (χ2v) is 5.71. The molecule has 0 unspecified atom stereocenters. The van der Waals surface area contributed by atoms with Crippen LogP contribution in [0.5, 0.6) is 0 Å². The highest BCUT2D eigenvalue weighted by atomic mass is 32.1. The van der Waals surface area contributed by atoms with Crippen molar-refractivity contribution in [2.75, 3.05) is 0 Å². The van der Waals surface area contributed by atoms with Gasteiger partial charge in [-0.2, -0.15) is 0 Å². The first-order valence-corrected chi connectivity index (χ1v) is 7.40. The summed E-state index contributed by atoms with van der Waals surface area (Å²) in [6.45, 7) is 2.10.